The maximum absolute atomic E-state index is 4.52. The Hall–Kier alpha value is -1.50. The van der Waals surface area contributed by atoms with Crippen LogP contribution < -0.4 is 10.6 Å². The maximum atomic E-state index is 4.52. The molecule has 0 aliphatic rings. The molecule has 0 bridgehead atoms. The van der Waals surface area contributed by atoms with Gasteiger partial charge in [0, 0.05) is 18.3 Å². The zero-order chi connectivity index (χ0) is 13.7. The van der Waals surface area contributed by atoms with E-state index in [9.17, 15) is 0 Å². The molecular weight excluding hydrogens is 260 g/mol. The standard InChI is InChI=1S/C12H20N6S/c1-4-5-13-12-17-10-9(14-7-15-10)11(18-12)16-8(2)6-19-3/h7-8H,4-6H2,1-3H3,(H3,13,14,15,16,17,18). The van der Waals surface area contributed by atoms with Crippen LogP contribution in [0.4, 0.5) is 11.8 Å². The quantitative estimate of drug-likeness (QED) is 0.722. The van der Waals surface area contributed by atoms with Crippen LogP contribution in [0.5, 0.6) is 0 Å². The minimum absolute atomic E-state index is 0.343. The third-order valence-corrected chi connectivity index (χ3v) is 3.45. The van der Waals surface area contributed by atoms with E-state index in [1.54, 1.807) is 6.33 Å². The zero-order valence-electron chi connectivity index (χ0n) is 11.5. The van der Waals surface area contributed by atoms with Crippen molar-refractivity contribution in [2.24, 2.45) is 0 Å². The Labute approximate surface area is 117 Å². The predicted molar refractivity (Wildman–Crippen MR) is 81.9 cm³/mol. The minimum Gasteiger partial charge on any atom is -0.365 e. The molecule has 2 aromatic rings. The van der Waals surface area contributed by atoms with E-state index < -0.39 is 0 Å². The second-order valence-corrected chi connectivity index (χ2v) is 5.34. The first kappa shape index (κ1) is 13.9. The summed E-state index contributed by atoms with van der Waals surface area (Å²) in [5, 5.41) is 6.61. The highest BCUT2D eigenvalue weighted by Gasteiger charge is 2.11. The molecule has 0 amide bonds. The van der Waals surface area contributed by atoms with E-state index >= 15 is 0 Å². The summed E-state index contributed by atoms with van der Waals surface area (Å²) in [7, 11) is 0. The van der Waals surface area contributed by atoms with Crippen LogP contribution in [0.3, 0.4) is 0 Å². The molecule has 7 heteroatoms. The van der Waals surface area contributed by atoms with Crippen molar-refractivity contribution < 1.29 is 0 Å². The number of imidazole rings is 1. The number of hydrogen-bond acceptors (Lipinski definition) is 6. The average molecular weight is 280 g/mol. The van der Waals surface area contributed by atoms with Crippen LogP contribution in [0.2, 0.25) is 0 Å². The van der Waals surface area contributed by atoms with Crippen molar-refractivity contribution in [1.82, 2.24) is 19.9 Å². The van der Waals surface area contributed by atoms with E-state index in [2.05, 4.69) is 50.7 Å². The number of nitrogens with one attached hydrogen (secondary N) is 3. The molecule has 2 aromatic heterocycles. The van der Waals surface area contributed by atoms with Gasteiger partial charge in [-0.2, -0.15) is 21.7 Å². The first-order valence-electron chi connectivity index (χ1n) is 6.45. The summed E-state index contributed by atoms with van der Waals surface area (Å²) < 4.78 is 0. The van der Waals surface area contributed by atoms with Gasteiger partial charge in [-0.3, -0.25) is 0 Å². The lowest BCUT2D eigenvalue weighted by atomic mass is 10.3. The van der Waals surface area contributed by atoms with E-state index in [4.69, 9.17) is 0 Å². The Bertz CT molecular complexity index is 526. The van der Waals surface area contributed by atoms with Crippen molar-refractivity contribution in [3.63, 3.8) is 0 Å². The number of rotatable bonds is 7. The first-order valence-corrected chi connectivity index (χ1v) is 7.84. The van der Waals surface area contributed by atoms with Crippen molar-refractivity contribution in [3.05, 3.63) is 6.33 Å². The van der Waals surface area contributed by atoms with Gasteiger partial charge in [0.2, 0.25) is 5.95 Å². The van der Waals surface area contributed by atoms with Gasteiger partial charge in [0.05, 0.1) is 6.33 Å². The average Bonchev–Trinajstić information content (AvgIpc) is 2.85. The molecule has 6 nitrogen and oxygen atoms in total. The third-order valence-electron chi connectivity index (χ3n) is 2.62. The first-order chi connectivity index (χ1) is 9.24. The van der Waals surface area contributed by atoms with Crippen LogP contribution >= 0.6 is 11.8 Å². The fraction of sp³-hybridized carbons (Fsp3) is 0.583. The fourth-order valence-corrected chi connectivity index (χ4v) is 2.36. The highest BCUT2D eigenvalue weighted by atomic mass is 32.2. The lowest BCUT2D eigenvalue weighted by Crippen LogP contribution is -2.19. The second kappa shape index (κ2) is 6.60. The number of hydrogen-bond donors (Lipinski definition) is 3. The van der Waals surface area contributed by atoms with Gasteiger partial charge in [-0.1, -0.05) is 6.92 Å². The third kappa shape index (κ3) is 3.50. The van der Waals surface area contributed by atoms with Crippen LogP contribution in [0.25, 0.3) is 11.2 Å². The molecule has 0 saturated heterocycles. The number of H-pyrrole nitrogens is 1. The molecule has 0 radical (unpaired) electrons. The molecule has 0 aliphatic carbocycles. The highest BCUT2D eigenvalue weighted by molar-refractivity contribution is 7.98. The zero-order valence-corrected chi connectivity index (χ0v) is 12.3. The van der Waals surface area contributed by atoms with E-state index in [-0.39, 0.29) is 0 Å². The van der Waals surface area contributed by atoms with Gasteiger partial charge in [0.15, 0.2) is 11.5 Å². The number of nitrogens with zero attached hydrogens (tertiary/aromatic N) is 3. The van der Waals surface area contributed by atoms with E-state index in [1.807, 2.05) is 11.8 Å². The lowest BCUT2D eigenvalue weighted by Gasteiger charge is -2.14. The van der Waals surface area contributed by atoms with Crippen molar-refractivity contribution in [2.45, 2.75) is 26.3 Å². The Balaban J connectivity index is 2.25. The molecule has 19 heavy (non-hydrogen) atoms. The van der Waals surface area contributed by atoms with Gasteiger partial charge in [-0.15, -0.1) is 0 Å². The van der Waals surface area contributed by atoms with E-state index in [0.717, 1.165) is 30.1 Å². The fourth-order valence-electron chi connectivity index (χ4n) is 1.78. The topological polar surface area (TPSA) is 78.5 Å². The van der Waals surface area contributed by atoms with Crippen LogP contribution in [0.15, 0.2) is 6.33 Å². The largest absolute Gasteiger partial charge is 0.365 e. The van der Waals surface area contributed by atoms with Gasteiger partial charge >= 0.3 is 0 Å². The molecule has 1 atom stereocenters. The predicted octanol–water partition coefficient (Wildman–Crippen LogP) is 2.34. The summed E-state index contributed by atoms with van der Waals surface area (Å²) >= 11 is 1.81. The van der Waals surface area contributed by atoms with Crippen LogP contribution in [0, 0.1) is 0 Å². The van der Waals surface area contributed by atoms with Crippen LogP contribution in [-0.2, 0) is 0 Å². The Morgan fingerprint density at radius 3 is 3.00 bits per heavy atom. The van der Waals surface area contributed by atoms with Crippen molar-refractivity contribution in [2.75, 3.05) is 29.2 Å². The molecular formula is C12H20N6S. The molecule has 2 heterocycles. The van der Waals surface area contributed by atoms with Gasteiger partial charge in [-0.25, -0.2) is 4.98 Å². The van der Waals surface area contributed by atoms with Crippen molar-refractivity contribution in [1.29, 1.82) is 0 Å². The Morgan fingerprint density at radius 1 is 1.42 bits per heavy atom. The number of fused-ring (bicyclic) bond motifs is 1. The summed E-state index contributed by atoms with van der Waals surface area (Å²) in [5.74, 6) is 2.46. The molecule has 0 spiro atoms. The second-order valence-electron chi connectivity index (χ2n) is 4.42. The maximum Gasteiger partial charge on any atom is 0.226 e. The SMILES string of the molecule is CCCNc1nc(NC(C)CSC)c2[nH]cnc2n1. The molecule has 0 aliphatic heterocycles. The summed E-state index contributed by atoms with van der Waals surface area (Å²) in [5.41, 5.74) is 1.54. The lowest BCUT2D eigenvalue weighted by molar-refractivity contribution is 0.899. The normalized spacial score (nSPS) is 12.6. The number of aromatic amines is 1. The molecule has 1 unspecified atom stereocenters. The minimum atomic E-state index is 0.343. The molecule has 0 fully saturated rings. The van der Waals surface area contributed by atoms with Gasteiger partial charge in [-0.05, 0) is 19.6 Å². The Morgan fingerprint density at radius 2 is 2.26 bits per heavy atom. The molecule has 3 N–H and O–H groups in total. The highest BCUT2D eigenvalue weighted by Crippen LogP contribution is 2.19. The molecule has 0 saturated carbocycles. The van der Waals surface area contributed by atoms with Gasteiger partial charge in [0.25, 0.3) is 0 Å². The van der Waals surface area contributed by atoms with E-state index in [1.165, 1.54) is 0 Å². The van der Waals surface area contributed by atoms with Crippen molar-refractivity contribution in [3.8, 4) is 0 Å². The summed E-state index contributed by atoms with van der Waals surface area (Å²) in [4.78, 5) is 16.2. The smallest absolute Gasteiger partial charge is 0.226 e. The molecule has 104 valence electrons. The van der Waals surface area contributed by atoms with Crippen LogP contribution in [0.1, 0.15) is 20.3 Å². The summed E-state index contributed by atoms with van der Waals surface area (Å²) in [6.07, 6.45) is 4.78. The van der Waals surface area contributed by atoms with Crippen molar-refractivity contribution >= 4 is 34.7 Å². The van der Waals surface area contributed by atoms with Gasteiger partial charge < -0.3 is 15.6 Å². The van der Waals surface area contributed by atoms with Crippen LogP contribution in [-0.4, -0.2) is 44.5 Å². The van der Waals surface area contributed by atoms with Gasteiger partial charge in [0.1, 0.15) is 5.52 Å². The number of anilines is 2. The number of aromatic nitrogens is 4. The molecule has 0 aromatic carbocycles. The monoisotopic (exact) mass is 280 g/mol. The van der Waals surface area contributed by atoms with E-state index in [0.29, 0.717) is 17.6 Å². The number of thioether (sulfide) groups is 1. The summed E-state index contributed by atoms with van der Waals surface area (Å²) in [6.45, 7) is 5.11. The molecule has 2 rings (SSSR count). The summed E-state index contributed by atoms with van der Waals surface area (Å²) in [6, 6.07) is 0.343. The Kier molecular flexibility index (Phi) is 4.84.